The molecule has 0 atom stereocenters. The molecule has 0 bridgehead atoms. The second-order valence-corrected chi connectivity index (χ2v) is 7.89. The molecule has 0 saturated carbocycles. The van der Waals surface area contributed by atoms with Gasteiger partial charge >= 0.3 is 10.5 Å². The monoisotopic (exact) mass is 425 g/mol. The van der Waals surface area contributed by atoms with E-state index in [2.05, 4.69) is 26.5 Å². The fourth-order valence-electron chi connectivity index (χ4n) is 2.46. The smallest absolute Gasteiger partial charge is 0.288 e. The van der Waals surface area contributed by atoms with Crippen molar-refractivity contribution in [1.82, 2.24) is 13.9 Å². The van der Waals surface area contributed by atoms with E-state index in [1.807, 2.05) is 18.9 Å². The highest BCUT2D eigenvalue weighted by Gasteiger charge is 2.36. The van der Waals surface area contributed by atoms with E-state index in [0.29, 0.717) is 43.9 Å². The molecule has 1 aromatic rings. The molecule has 2 heterocycles. The molecule has 0 unspecified atom stereocenters. The quantitative estimate of drug-likeness (QED) is 0.617. The lowest BCUT2D eigenvalue weighted by Crippen LogP contribution is -2.67. The van der Waals surface area contributed by atoms with Crippen molar-refractivity contribution in [3.05, 3.63) is 4.60 Å². The number of anilines is 1. The van der Waals surface area contributed by atoms with Gasteiger partial charge in [0.2, 0.25) is 11.2 Å². The second-order valence-electron chi connectivity index (χ2n) is 5.21. The summed E-state index contributed by atoms with van der Waals surface area (Å²) in [6.45, 7) is 7.51. The number of nitrogens with one attached hydrogen (secondary N) is 1. The van der Waals surface area contributed by atoms with Crippen molar-refractivity contribution < 1.29 is 22.5 Å². The van der Waals surface area contributed by atoms with Crippen molar-refractivity contribution >= 4 is 37.9 Å². The van der Waals surface area contributed by atoms with E-state index in [9.17, 15) is 13.2 Å². The number of halogens is 1. The number of hydrogen-bond donors (Lipinski definition) is 1. The molecule has 12 heteroatoms. The van der Waals surface area contributed by atoms with Crippen molar-refractivity contribution in [2.24, 2.45) is 0 Å². The number of amides is 1. The molecule has 1 fully saturated rings. The second kappa shape index (κ2) is 7.76. The number of nitrogens with zero attached hydrogens (tertiary/aromatic N) is 5. The normalized spacial score (nSPS) is 16.6. The van der Waals surface area contributed by atoms with Crippen LogP contribution in [0.5, 0.6) is 0 Å². The predicted octanol–water partition coefficient (Wildman–Crippen LogP) is -0.477. The molecule has 1 N–H and O–H groups in total. The maximum absolute atomic E-state index is 12.5. The molecule has 1 saturated heterocycles. The molecule has 1 aromatic heterocycles. The standard InChI is InChI=1S/C12H21BrN6O4S/c1-4-17(5-2)24(21,22)18-8-6-16(7-9-18)19-11(13)12(23-15-19)14-10(3)20/h4-9H2,1-3H3/p+1. The summed E-state index contributed by atoms with van der Waals surface area (Å²) in [6, 6.07) is 0. The zero-order valence-electron chi connectivity index (χ0n) is 13.9. The van der Waals surface area contributed by atoms with Crippen LogP contribution >= 0.6 is 15.9 Å². The Kier molecular flexibility index (Phi) is 6.17. The highest BCUT2D eigenvalue weighted by molar-refractivity contribution is 9.10. The number of aromatic nitrogens is 2. The van der Waals surface area contributed by atoms with Gasteiger partial charge in [-0.3, -0.25) is 14.6 Å². The van der Waals surface area contributed by atoms with Crippen molar-refractivity contribution in [2.75, 3.05) is 49.6 Å². The van der Waals surface area contributed by atoms with Gasteiger partial charge < -0.3 is 0 Å². The van der Waals surface area contributed by atoms with Crippen LogP contribution in [0.1, 0.15) is 20.8 Å². The Morgan fingerprint density at radius 3 is 2.42 bits per heavy atom. The van der Waals surface area contributed by atoms with E-state index in [1.54, 1.807) is 0 Å². The summed E-state index contributed by atoms with van der Waals surface area (Å²) < 4.78 is 33.5. The van der Waals surface area contributed by atoms with Gasteiger partial charge in [-0.15, -0.1) is 5.01 Å². The lowest BCUT2D eigenvalue weighted by atomic mass is 10.4. The molecule has 1 amide bonds. The summed E-state index contributed by atoms with van der Waals surface area (Å²) in [6.07, 6.45) is 0. The average molecular weight is 426 g/mol. The first-order chi connectivity index (χ1) is 11.3. The average Bonchev–Trinajstić information content (AvgIpc) is 2.89. The third-order valence-corrected chi connectivity index (χ3v) is 6.57. The number of carbonyl (C=O) groups excluding carboxylic acids is 1. The molecule has 1 aliphatic rings. The first-order valence-corrected chi connectivity index (χ1v) is 9.85. The number of carbonyl (C=O) groups is 1. The van der Waals surface area contributed by atoms with Crippen molar-refractivity contribution in [3.8, 4) is 0 Å². The van der Waals surface area contributed by atoms with Crippen molar-refractivity contribution in [1.29, 1.82) is 0 Å². The predicted molar refractivity (Wildman–Crippen MR) is 90.1 cm³/mol. The number of hydrogen-bond acceptors (Lipinski definition) is 6. The Hall–Kier alpha value is -1.24. The lowest BCUT2D eigenvalue weighted by molar-refractivity contribution is -0.768. The van der Waals surface area contributed by atoms with E-state index in [-0.39, 0.29) is 11.8 Å². The topological polar surface area (TPSA) is 103 Å². The zero-order chi connectivity index (χ0) is 17.9. The van der Waals surface area contributed by atoms with Gasteiger partial charge in [0.05, 0.1) is 17.9 Å². The summed E-state index contributed by atoms with van der Waals surface area (Å²) in [5, 5.41) is 8.24. The molecule has 0 aromatic carbocycles. The zero-order valence-corrected chi connectivity index (χ0v) is 16.3. The van der Waals surface area contributed by atoms with Gasteiger partial charge in [-0.1, -0.05) is 13.8 Å². The minimum atomic E-state index is -3.43. The Morgan fingerprint density at radius 1 is 1.33 bits per heavy atom. The summed E-state index contributed by atoms with van der Waals surface area (Å²) >= 11 is 3.33. The van der Waals surface area contributed by atoms with Gasteiger partial charge in [0.1, 0.15) is 0 Å². The Morgan fingerprint density at radius 2 is 1.92 bits per heavy atom. The van der Waals surface area contributed by atoms with Gasteiger partial charge in [0, 0.05) is 49.0 Å². The first kappa shape index (κ1) is 19.1. The highest BCUT2D eigenvalue weighted by atomic mass is 79.9. The maximum Gasteiger partial charge on any atom is 0.372 e. The molecule has 0 spiro atoms. The largest absolute Gasteiger partial charge is 0.372 e. The van der Waals surface area contributed by atoms with Crippen molar-refractivity contribution in [3.63, 3.8) is 0 Å². The third kappa shape index (κ3) is 3.87. The van der Waals surface area contributed by atoms with Gasteiger partial charge in [0.15, 0.2) is 0 Å². The molecule has 0 radical (unpaired) electrons. The molecule has 2 rings (SSSR count). The Labute approximate surface area is 149 Å². The van der Waals surface area contributed by atoms with E-state index >= 15 is 0 Å². The van der Waals surface area contributed by atoms with Gasteiger partial charge in [-0.25, -0.2) is 0 Å². The minimum Gasteiger partial charge on any atom is -0.288 e. The molecular formula is C12H22BrN6O4S+. The first-order valence-electron chi connectivity index (χ1n) is 7.66. The van der Waals surface area contributed by atoms with Crippen LogP contribution in [-0.4, -0.2) is 67.5 Å². The number of piperazine rings is 1. The molecule has 10 nitrogen and oxygen atoms in total. The molecule has 1 aliphatic heterocycles. The van der Waals surface area contributed by atoms with Gasteiger partial charge in [-0.2, -0.15) is 17.0 Å². The van der Waals surface area contributed by atoms with E-state index in [4.69, 9.17) is 4.52 Å². The van der Waals surface area contributed by atoms with Gasteiger partial charge in [0.25, 0.3) is 10.2 Å². The molecular weight excluding hydrogens is 404 g/mol. The van der Waals surface area contributed by atoms with Crippen LogP contribution in [0.25, 0.3) is 0 Å². The van der Waals surface area contributed by atoms with Crippen LogP contribution in [0.15, 0.2) is 9.13 Å². The van der Waals surface area contributed by atoms with E-state index in [1.165, 1.54) is 20.3 Å². The SMILES string of the molecule is CCN(CC)S(=O)(=O)N1CCN([n+]2noc(NC(C)=O)c2Br)CC1. The molecule has 24 heavy (non-hydrogen) atoms. The third-order valence-electron chi connectivity index (χ3n) is 3.70. The fourth-order valence-corrected chi connectivity index (χ4v) is 4.53. The Balaban J connectivity index is 2.05. The van der Waals surface area contributed by atoms with Crippen LogP contribution in [0, 0.1) is 0 Å². The fraction of sp³-hybridized carbons (Fsp3) is 0.750. The van der Waals surface area contributed by atoms with Crippen LogP contribution in [0.3, 0.4) is 0 Å². The van der Waals surface area contributed by atoms with Crippen LogP contribution < -0.4 is 15.1 Å². The van der Waals surface area contributed by atoms with E-state index in [0.717, 1.165) is 0 Å². The summed E-state index contributed by atoms with van der Waals surface area (Å²) in [7, 11) is -3.43. The molecule has 0 aliphatic carbocycles. The lowest BCUT2D eigenvalue weighted by Gasteiger charge is -2.32. The summed E-state index contributed by atoms with van der Waals surface area (Å²) in [5.41, 5.74) is 0. The number of rotatable bonds is 6. The van der Waals surface area contributed by atoms with Crippen LogP contribution in [-0.2, 0) is 15.0 Å². The van der Waals surface area contributed by atoms with Crippen LogP contribution in [0.2, 0.25) is 0 Å². The summed E-state index contributed by atoms with van der Waals surface area (Å²) in [5.74, 6) is -0.0603. The highest BCUT2D eigenvalue weighted by Crippen LogP contribution is 2.17. The maximum atomic E-state index is 12.5. The van der Waals surface area contributed by atoms with Crippen LogP contribution in [0.4, 0.5) is 5.88 Å². The van der Waals surface area contributed by atoms with E-state index < -0.39 is 10.2 Å². The van der Waals surface area contributed by atoms with Gasteiger partial charge in [-0.05, 0) is 0 Å². The Bertz CT molecular complexity index is 682. The van der Waals surface area contributed by atoms with Crippen molar-refractivity contribution in [2.45, 2.75) is 20.8 Å². The minimum absolute atomic E-state index is 0.209. The molecule has 136 valence electrons. The summed E-state index contributed by atoms with van der Waals surface area (Å²) in [4.78, 5) is 12.6.